The van der Waals surface area contributed by atoms with E-state index in [1.165, 1.54) is 0 Å². The number of aromatic nitrogens is 2. The first-order valence-corrected chi connectivity index (χ1v) is 6.09. The van der Waals surface area contributed by atoms with E-state index in [9.17, 15) is 4.79 Å². The van der Waals surface area contributed by atoms with Gasteiger partial charge in [-0.3, -0.25) is 4.68 Å². The molecule has 2 N–H and O–H groups in total. The summed E-state index contributed by atoms with van der Waals surface area (Å²) in [6.45, 7) is 5.15. The minimum Gasteiger partial charge on any atom is -0.475 e. The summed E-state index contributed by atoms with van der Waals surface area (Å²) in [7, 11) is 0. The number of carboxylic acids is 1. The zero-order valence-electron chi connectivity index (χ0n) is 11.0. The Kier molecular flexibility index (Phi) is 4.01. The number of aromatic carboxylic acids is 1. The number of nitrogens with one attached hydrogen (secondary N) is 1. The zero-order valence-corrected chi connectivity index (χ0v) is 11.0. The second-order valence-electron chi connectivity index (χ2n) is 4.51. The molecule has 6 heteroatoms. The highest BCUT2D eigenvalue weighted by Crippen LogP contribution is 2.14. The van der Waals surface area contributed by atoms with E-state index in [0.29, 0.717) is 12.3 Å². The molecule has 2 aromatic heterocycles. The van der Waals surface area contributed by atoms with Crippen LogP contribution in [0.2, 0.25) is 0 Å². The molecule has 0 amide bonds. The van der Waals surface area contributed by atoms with Crippen molar-refractivity contribution in [1.29, 1.82) is 0 Å². The molecular weight excluding hydrogens is 246 g/mol. The Morgan fingerprint density at radius 3 is 3.00 bits per heavy atom. The maximum atomic E-state index is 10.8. The Labute approximate surface area is 111 Å². The van der Waals surface area contributed by atoms with Crippen LogP contribution in [0.3, 0.4) is 0 Å². The fourth-order valence-corrected chi connectivity index (χ4v) is 1.84. The maximum absolute atomic E-state index is 10.8. The summed E-state index contributed by atoms with van der Waals surface area (Å²) in [6, 6.07) is 3.67. The number of carbonyl (C=O) groups is 1. The molecule has 0 saturated carbocycles. The van der Waals surface area contributed by atoms with Crippen molar-refractivity contribution < 1.29 is 14.3 Å². The second-order valence-corrected chi connectivity index (χ2v) is 4.51. The van der Waals surface area contributed by atoms with Crippen molar-refractivity contribution in [2.75, 3.05) is 0 Å². The van der Waals surface area contributed by atoms with Crippen LogP contribution in [0.15, 0.2) is 28.9 Å². The van der Waals surface area contributed by atoms with Gasteiger partial charge in [0.1, 0.15) is 5.76 Å². The first-order valence-electron chi connectivity index (χ1n) is 6.09. The van der Waals surface area contributed by atoms with E-state index >= 15 is 0 Å². The predicted octanol–water partition coefficient (Wildman–Crippen LogP) is 1.66. The summed E-state index contributed by atoms with van der Waals surface area (Å²) in [4.78, 5) is 10.8. The van der Waals surface area contributed by atoms with E-state index in [1.807, 2.05) is 16.9 Å². The van der Waals surface area contributed by atoms with E-state index < -0.39 is 5.97 Å². The summed E-state index contributed by atoms with van der Waals surface area (Å²) in [5, 5.41) is 16.3. The fraction of sp³-hybridized carbons (Fsp3) is 0.385. The van der Waals surface area contributed by atoms with Crippen LogP contribution in [-0.2, 0) is 13.1 Å². The van der Waals surface area contributed by atoms with Gasteiger partial charge in [-0.1, -0.05) is 0 Å². The third-order valence-corrected chi connectivity index (χ3v) is 2.89. The largest absolute Gasteiger partial charge is 0.475 e. The molecule has 0 spiro atoms. The zero-order chi connectivity index (χ0) is 13.8. The molecule has 0 aliphatic carbocycles. The number of hydrogen-bond acceptors (Lipinski definition) is 4. The minimum atomic E-state index is -1.04. The fourth-order valence-electron chi connectivity index (χ4n) is 1.84. The SMILES string of the molecule is Cc1oc(C(=O)O)cc1CNC(C)Cn1cccn1. The molecule has 2 heterocycles. The van der Waals surface area contributed by atoms with Gasteiger partial charge in [0.2, 0.25) is 5.76 Å². The lowest BCUT2D eigenvalue weighted by molar-refractivity contribution is 0.0661. The third-order valence-electron chi connectivity index (χ3n) is 2.89. The van der Waals surface area contributed by atoms with Crippen LogP contribution in [0.25, 0.3) is 0 Å². The Morgan fingerprint density at radius 1 is 1.63 bits per heavy atom. The van der Waals surface area contributed by atoms with E-state index in [-0.39, 0.29) is 11.8 Å². The highest BCUT2D eigenvalue weighted by Gasteiger charge is 2.13. The van der Waals surface area contributed by atoms with Gasteiger partial charge in [0.15, 0.2) is 0 Å². The third kappa shape index (κ3) is 3.45. The van der Waals surface area contributed by atoms with Gasteiger partial charge in [-0.05, 0) is 26.0 Å². The number of aryl methyl sites for hydroxylation is 1. The van der Waals surface area contributed by atoms with Crippen molar-refractivity contribution in [1.82, 2.24) is 15.1 Å². The first-order chi connectivity index (χ1) is 9.06. The van der Waals surface area contributed by atoms with Crippen LogP contribution in [0.4, 0.5) is 0 Å². The van der Waals surface area contributed by atoms with Gasteiger partial charge in [-0.25, -0.2) is 4.79 Å². The van der Waals surface area contributed by atoms with E-state index in [0.717, 1.165) is 12.1 Å². The molecule has 1 atom stereocenters. The Balaban J connectivity index is 1.89. The molecule has 0 fully saturated rings. The Morgan fingerprint density at radius 2 is 2.42 bits per heavy atom. The maximum Gasteiger partial charge on any atom is 0.371 e. The molecule has 0 radical (unpaired) electrons. The van der Waals surface area contributed by atoms with Crippen molar-refractivity contribution >= 4 is 5.97 Å². The molecular formula is C13H17N3O3. The highest BCUT2D eigenvalue weighted by molar-refractivity contribution is 5.84. The highest BCUT2D eigenvalue weighted by atomic mass is 16.4. The smallest absolute Gasteiger partial charge is 0.371 e. The summed E-state index contributed by atoms with van der Waals surface area (Å²) >= 11 is 0. The minimum absolute atomic E-state index is 0.0194. The molecule has 0 aliphatic heterocycles. The number of hydrogen-bond donors (Lipinski definition) is 2. The normalized spacial score (nSPS) is 12.5. The van der Waals surface area contributed by atoms with Gasteiger partial charge in [0.25, 0.3) is 0 Å². The van der Waals surface area contributed by atoms with Crippen LogP contribution in [0.1, 0.15) is 28.8 Å². The van der Waals surface area contributed by atoms with Crippen LogP contribution in [0, 0.1) is 6.92 Å². The number of rotatable bonds is 6. The molecule has 2 rings (SSSR count). The average molecular weight is 263 g/mol. The summed E-state index contributed by atoms with van der Waals surface area (Å²) in [6.07, 6.45) is 3.65. The summed E-state index contributed by atoms with van der Waals surface area (Å²) in [5.74, 6) is -0.427. The van der Waals surface area contributed by atoms with E-state index in [2.05, 4.69) is 17.3 Å². The first kappa shape index (κ1) is 13.4. The van der Waals surface area contributed by atoms with Gasteiger partial charge in [0, 0.05) is 30.5 Å². The standard InChI is InChI=1S/C13H17N3O3/c1-9(8-16-5-3-4-15-16)14-7-11-6-12(13(17)18)19-10(11)2/h3-6,9,14H,7-8H2,1-2H3,(H,17,18). The van der Waals surface area contributed by atoms with Crippen molar-refractivity contribution in [3.63, 3.8) is 0 Å². The van der Waals surface area contributed by atoms with Crippen LogP contribution >= 0.6 is 0 Å². The average Bonchev–Trinajstić information content (AvgIpc) is 2.96. The van der Waals surface area contributed by atoms with Crippen molar-refractivity contribution in [3.05, 3.63) is 41.6 Å². The van der Waals surface area contributed by atoms with Crippen LogP contribution < -0.4 is 5.32 Å². The van der Waals surface area contributed by atoms with Gasteiger partial charge in [-0.15, -0.1) is 0 Å². The quantitative estimate of drug-likeness (QED) is 0.828. The lowest BCUT2D eigenvalue weighted by Crippen LogP contribution is -2.30. The lowest BCUT2D eigenvalue weighted by Gasteiger charge is -2.13. The molecule has 0 bridgehead atoms. The number of furan rings is 1. The van der Waals surface area contributed by atoms with Crippen molar-refractivity contribution in [3.8, 4) is 0 Å². The number of carboxylic acid groups (broad SMARTS) is 1. The van der Waals surface area contributed by atoms with Crippen molar-refractivity contribution in [2.24, 2.45) is 0 Å². The topological polar surface area (TPSA) is 80.3 Å². The summed E-state index contributed by atoms with van der Waals surface area (Å²) < 4.78 is 7.01. The lowest BCUT2D eigenvalue weighted by atomic mass is 10.2. The van der Waals surface area contributed by atoms with Crippen LogP contribution in [-0.4, -0.2) is 26.9 Å². The van der Waals surface area contributed by atoms with E-state index in [1.54, 1.807) is 19.2 Å². The van der Waals surface area contributed by atoms with Gasteiger partial charge >= 0.3 is 5.97 Å². The van der Waals surface area contributed by atoms with Gasteiger partial charge < -0.3 is 14.8 Å². The van der Waals surface area contributed by atoms with Gasteiger partial charge in [0.05, 0.1) is 6.54 Å². The van der Waals surface area contributed by atoms with E-state index in [4.69, 9.17) is 9.52 Å². The summed E-state index contributed by atoms with van der Waals surface area (Å²) in [5.41, 5.74) is 0.865. The second kappa shape index (κ2) is 5.71. The van der Waals surface area contributed by atoms with Gasteiger partial charge in [-0.2, -0.15) is 5.10 Å². The predicted molar refractivity (Wildman–Crippen MR) is 68.9 cm³/mol. The molecule has 0 aromatic carbocycles. The van der Waals surface area contributed by atoms with Crippen LogP contribution in [0.5, 0.6) is 0 Å². The molecule has 19 heavy (non-hydrogen) atoms. The Bertz CT molecular complexity index is 545. The molecule has 2 aromatic rings. The monoisotopic (exact) mass is 263 g/mol. The number of nitrogens with zero attached hydrogens (tertiary/aromatic N) is 2. The molecule has 6 nitrogen and oxygen atoms in total. The molecule has 0 aliphatic rings. The Hall–Kier alpha value is -2.08. The molecule has 1 unspecified atom stereocenters. The van der Waals surface area contributed by atoms with Crippen molar-refractivity contribution in [2.45, 2.75) is 33.0 Å². The molecule has 0 saturated heterocycles. The molecule has 102 valence electrons.